The van der Waals surface area contributed by atoms with Crippen LogP contribution in [0.3, 0.4) is 0 Å². The minimum absolute atomic E-state index is 0. The van der Waals surface area contributed by atoms with E-state index in [1.54, 1.807) is 0 Å². The number of rotatable bonds is 6. The smallest absolute Gasteiger partial charge is 0.144 e. The summed E-state index contributed by atoms with van der Waals surface area (Å²) < 4.78 is 0. The second kappa shape index (κ2) is 6.84. The number of nitrogens with one attached hydrogen (secondary N) is 1. The second-order valence-corrected chi connectivity index (χ2v) is 7.54. The van der Waals surface area contributed by atoms with Crippen molar-refractivity contribution >= 4 is 18.1 Å². The van der Waals surface area contributed by atoms with Crippen LogP contribution in [-0.4, -0.2) is 36.1 Å². The lowest BCUT2D eigenvalue weighted by Gasteiger charge is -2.34. The number of halogens is 1. The van der Waals surface area contributed by atoms with Crippen molar-refractivity contribution in [1.29, 1.82) is 0 Å². The Kier molecular flexibility index (Phi) is 6.10. The predicted molar refractivity (Wildman–Crippen MR) is 89.0 cm³/mol. The fourth-order valence-electron chi connectivity index (χ4n) is 3.70. The molecule has 0 aliphatic heterocycles. The summed E-state index contributed by atoms with van der Waals surface area (Å²) >= 11 is 0. The molecule has 3 unspecified atom stereocenters. The molecule has 0 saturated heterocycles. The van der Waals surface area contributed by atoms with E-state index in [9.17, 15) is 5.11 Å². The highest BCUT2D eigenvalue weighted by Gasteiger charge is 2.60. The van der Waals surface area contributed by atoms with Gasteiger partial charge in [-0.05, 0) is 30.6 Å². The van der Waals surface area contributed by atoms with Gasteiger partial charge < -0.3 is 15.3 Å². The van der Waals surface area contributed by atoms with Gasteiger partial charge in [0, 0.05) is 18.0 Å². The lowest BCUT2D eigenvalue weighted by atomic mass is 9.70. The van der Waals surface area contributed by atoms with Gasteiger partial charge in [0.15, 0.2) is 0 Å². The SMILES string of the molecule is CC(C)NCC(O)CO/N=C1\CC2CCC1(C)C2(C)C.Cl. The molecule has 0 aromatic carbocycles. The van der Waals surface area contributed by atoms with Gasteiger partial charge in [-0.2, -0.15) is 0 Å². The first-order chi connectivity index (χ1) is 9.27. The minimum Gasteiger partial charge on any atom is -0.393 e. The Balaban J connectivity index is 0.00000220. The molecular weight excluding hydrogens is 288 g/mol. The summed E-state index contributed by atoms with van der Waals surface area (Å²) in [5.41, 5.74) is 1.70. The Hall–Kier alpha value is -0.320. The first-order valence-electron chi connectivity index (χ1n) is 7.88. The molecule has 5 heteroatoms. The van der Waals surface area contributed by atoms with E-state index in [0.29, 0.717) is 18.0 Å². The summed E-state index contributed by atoms with van der Waals surface area (Å²) in [6, 6.07) is 0.376. The van der Waals surface area contributed by atoms with Crippen molar-refractivity contribution in [1.82, 2.24) is 5.32 Å². The van der Waals surface area contributed by atoms with Crippen LogP contribution < -0.4 is 5.32 Å². The maximum Gasteiger partial charge on any atom is 0.144 e. The molecule has 2 rings (SSSR count). The molecule has 0 spiro atoms. The Morgan fingerprint density at radius 2 is 2.05 bits per heavy atom. The fourth-order valence-corrected chi connectivity index (χ4v) is 3.70. The highest BCUT2D eigenvalue weighted by molar-refractivity contribution is 5.93. The van der Waals surface area contributed by atoms with Crippen LogP contribution in [0, 0.1) is 16.7 Å². The number of hydrogen-bond acceptors (Lipinski definition) is 4. The Morgan fingerprint density at radius 1 is 1.38 bits per heavy atom. The molecule has 4 nitrogen and oxygen atoms in total. The van der Waals surface area contributed by atoms with Gasteiger partial charge in [-0.3, -0.25) is 0 Å². The molecular formula is C16H31ClN2O2. The predicted octanol–water partition coefficient (Wildman–Crippen LogP) is 2.99. The second-order valence-electron chi connectivity index (χ2n) is 7.54. The van der Waals surface area contributed by atoms with E-state index >= 15 is 0 Å². The number of oxime groups is 1. The van der Waals surface area contributed by atoms with Crippen molar-refractivity contribution in [3.8, 4) is 0 Å². The van der Waals surface area contributed by atoms with Crippen molar-refractivity contribution in [2.24, 2.45) is 21.9 Å². The van der Waals surface area contributed by atoms with E-state index in [-0.39, 0.29) is 24.4 Å². The Morgan fingerprint density at radius 3 is 2.52 bits per heavy atom. The molecule has 2 N–H and O–H groups in total. The van der Waals surface area contributed by atoms with Gasteiger partial charge in [-0.25, -0.2) is 0 Å². The molecule has 124 valence electrons. The number of aliphatic hydroxyl groups is 1. The average Bonchev–Trinajstić information content (AvgIpc) is 2.69. The largest absolute Gasteiger partial charge is 0.393 e. The number of fused-ring (bicyclic) bond motifs is 2. The summed E-state index contributed by atoms with van der Waals surface area (Å²) in [4.78, 5) is 5.42. The lowest BCUT2D eigenvalue weighted by molar-refractivity contribution is 0.0374. The van der Waals surface area contributed by atoms with E-state index in [4.69, 9.17) is 4.84 Å². The minimum atomic E-state index is -0.499. The van der Waals surface area contributed by atoms with Crippen LogP contribution in [0.5, 0.6) is 0 Å². The van der Waals surface area contributed by atoms with Crippen molar-refractivity contribution in [2.45, 2.75) is 66.0 Å². The molecule has 21 heavy (non-hydrogen) atoms. The van der Waals surface area contributed by atoms with Crippen molar-refractivity contribution in [3.05, 3.63) is 0 Å². The van der Waals surface area contributed by atoms with Crippen LogP contribution in [0.15, 0.2) is 5.16 Å². The average molecular weight is 319 g/mol. The summed E-state index contributed by atoms with van der Waals surface area (Å²) in [5.74, 6) is 0.738. The third-order valence-corrected chi connectivity index (χ3v) is 5.72. The molecule has 0 aromatic rings. The maximum atomic E-state index is 9.81. The van der Waals surface area contributed by atoms with Gasteiger partial charge in [-0.15, -0.1) is 12.4 Å². The van der Waals surface area contributed by atoms with Gasteiger partial charge >= 0.3 is 0 Å². The molecule has 2 saturated carbocycles. The maximum absolute atomic E-state index is 9.81. The first-order valence-corrected chi connectivity index (χ1v) is 7.88. The first kappa shape index (κ1) is 18.7. The third-order valence-electron chi connectivity index (χ3n) is 5.72. The number of nitrogens with zero attached hydrogens (tertiary/aromatic N) is 1. The molecule has 0 radical (unpaired) electrons. The standard InChI is InChI=1S/C16H30N2O2.ClH/c1-11(2)17-9-13(19)10-20-18-14-8-12-6-7-16(14,5)15(12,3)4;/h11-13,17,19H,6-10H2,1-5H3;1H/b18-14+;. The van der Waals surface area contributed by atoms with Crippen LogP contribution in [0.2, 0.25) is 0 Å². The zero-order chi connectivity index (χ0) is 15.0. The Bertz CT molecular complexity index is 384. The molecule has 0 heterocycles. The van der Waals surface area contributed by atoms with Crippen LogP contribution in [-0.2, 0) is 4.84 Å². The van der Waals surface area contributed by atoms with E-state index in [1.807, 2.05) is 0 Å². The van der Waals surface area contributed by atoms with Gasteiger partial charge in [0.2, 0.25) is 0 Å². The number of hydrogen-bond donors (Lipinski definition) is 2. The summed E-state index contributed by atoms with van der Waals surface area (Å²) in [6.45, 7) is 12.0. The topological polar surface area (TPSA) is 53.8 Å². The Labute approximate surface area is 135 Å². The molecule has 2 fully saturated rings. The summed E-state index contributed by atoms with van der Waals surface area (Å²) in [5, 5.41) is 17.4. The zero-order valence-corrected chi connectivity index (χ0v) is 14.8. The van der Waals surface area contributed by atoms with Gasteiger partial charge in [0.25, 0.3) is 0 Å². The van der Waals surface area contributed by atoms with E-state index in [0.717, 1.165) is 12.3 Å². The molecule has 2 aliphatic rings. The molecule has 2 bridgehead atoms. The van der Waals surface area contributed by atoms with Crippen LogP contribution in [0.25, 0.3) is 0 Å². The van der Waals surface area contributed by atoms with Crippen molar-refractivity contribution < 1.29 is 9.94 Å². The molecule has 0 amide bonds. The van der Waals surface area contributed by atoms with Crippen molar-refractivity contribution in [3.63, 3.8) is 0 Å². The zero-order valence-electron chi connectivity index (χ0n) is 14.0. The quantitative estimate of drug-likeness (QED) is 0.740. The van der Waals surface area contributed by atoms with Gasteiger partial charge in [-0.1, -0.05) is 39.8 Å². The van der Waals surface area contributed by atoms with Crippen LogP contribution >= 0.6 is 12.4 Å². The van der Waals surface area contributed by atoms with Crippen LogP contribution in [0.1, 0.15) is 53.9 Å². The monoisotopic (exact) mass is 318 g/mol. The fraction of sp³-hybridized carbons (Fsp3) is 0.938. The normalized spacial score (nSPS) is 33.3. The van der Waals surface area contributed by atoms with E-state index < -0.39 is 6.10 Å². The van der Waals surface area contributed by atoms with E-state index in [1.165, 1.54) is 18.6 Å². The highest BCUT2D eigenvalue weighted by atomic mass is 35.5. The lowest BCUT2D eigenvalue weighted by Crippen LogP contribution is -2.35. The summed E-state index contributed by atoms with van der Waals surface area (Å²) in [6.07, 6.45) is 3.08. The molecule has 0 aromatic heterocycles. The van der Waals surface area contributed by atoms with Crippen molar-refractivity contribution in [2.75, 3.05) is 13.2 Å². The number of aliphatic hydroxyl groups excluding tert-OH is 1. The van der Waals surface area contributed by atoms with E-state index in [2.05, 4.69) is 45.1 Å². The summed E-state index contributed by atoms with van der Waals surface area (Å²) in [7, 11) is 0. The molecule has 3 atom stereocenters. The highest BCUT2D eigenvalue weighted by Crippen LogP contribution is 2.63. The van der Waals surface area contributed by atoms with Gasteiger partial charge in [0.1, 0.15) is 12.7 Å². The molecule has 2 aliphatic carbocycles. The third kappa shape index (κ3) is 3.54. The van der Waals surface area contributed by atoms with Crippen LogP contribution in [0.4, 0.5) is 0 Å². The van der Waals surface area contributed by atoms with Gasteiger partial charge in [0.05, 0.1) is 5.71 Å².